The molecule has 1 saturated heterocycles. The predicted molar refractivity (Wildman–Crippen MR) is 75.7 cm³/mol. The summed E-state index contributed by atoms with van der Waals surface area (Å²) in [5, 5.41) is 13.3. The summed E-state index contributed by atoms with van der Waals surface area (Å²) >= 11 is 0. The second kappa shape index (κ2) is 6.47. The molecule has 0 aromatic heterocycles. The fourth-order valence-corrected chi connectivity index (χ4v) is 2.66. The number of amides is 1. The molecular formula is C14H20N3O3+. The number of nitrogens with one attached hydrogen (secondary N) is 2. The van der Waals surface area contributed by atoms with E-state index in [0.29, 0.717) is 18.2 Å². The van der Waals surface area contributed by atoms with Crippen LogP contribution in [0, 0.1) is 16.0 Å². The van der Waals surface area contributed by atoms with E-state index in [9.17, 15) is 14.9 Å². The maximum absolute atomic E-state index is 11.9. The van der Waals surface area contributed by atoms with Gasteiger partial charge in [0.2, 0.25) is 0 Å². The van der Waals surface area contributed by atoms with Gasteiger partial charge >= 0.3 is 0 Å². The van der Waals surface area contributed by atoms with Crippen molar-refractivity contribution in [3.05, 3.63) is 34.4 Å². The number of piperidine rings is 1. The lowest BCUT2D eigenvalue weighted by atomic mass is 10.0. The zero-order chi connectivity index (χ0) is 14.5. The number of likely N-dealkylation sites (tertiary alicyclic amines) is 1. The highest BCUT2D eigenvalue weighted by molar-refractivity contribution is 5.91. The second-order valence-electron chi connectivity index (χ2n) is 5.48. The van der Waals surface area contributed by atoms with Gasteiger partial charge in [-0.3, -0.25) is 14.9 Å². The van der Waals surface area contributed by atoms with Crippen LogP contribution in [-0.2, 0) is 4.79 Å². The number of hydrogen-bond donors (Lipinski definition) is 2. The third-order valence-electron chi connectivity index (χ3n) is 3.64. The molecule has 108 valence electrons. The molecule has 1 fully saturated rings. The van der Waals surface area contributed by atoms with Crippen molar-refractivity contribution in [3.8, 4) is 0 Å². The van der Waals surface area contributed by atoms with Crippen LogP contribution in [0.5, 0.6) is 0 Å². The van der Waals surface area contributed by atoms with Gasteiger partial charge in [0.25, 0.3) is 11.6 Å². The molecule has 20 heavy (non-hydrogen) atoms. The summed E-state index contributed by atoms with van der Waals surface area (Å²) in [5.74, 6) is 0.633. The maximum Gasteiger partial charge on any atom is 0.279 e. The highest BCUT2D eigenvalue weighted by atomic mass is 16.6. The SMILES string of the molecule is C[C@H]1CCC[NH+](CC(=O)Nc2ccc([N+](=O)[O-])cc2)C1. The minimum atomic E-state index is -0.454. The Morgan fingerprint density at radius 3 is 2.75 bits per heavy atom. The molecular weight excluding hydrogens is 258 g/mol. The number of nitro benzene ring substituents is 1. The van der Waals surface area contributed by atoms with Crippen LogP contribution in [0.1, 0.15) is 19.8 Å². The molecule has 0 spiro atoms. The van der Waals surface area contributed by atoms with E-state index >= 15 is 0 Å². The normalized spacial score (nSPS) is 22.2. The zero-order valence-electron chi connectivity index (χ0n) is 11.6. The number of nitrogens with zero attached hydrogens (tertiary/aromatic N) is 1. The van der Waals surface area contributed by atoms with Crippen molar-refractivity contribution in [2.45, 2.75) is 19.8 Å². The fraction of sp³-hybridized carbons (Fsp3) is 0.500. The van der Waals surface area contributed by atoms with Crippen LogP contribution in [0.4, 0.5) is 11.4 Å². The van der Waals surface area contributed by atoms with Crippen molar-refractivity contribution in [3.63, 3.8) is 0 Å². The number of anilines is 1. The van der Waals surface area contributed by atoms with Gasteiger partial charge in [0.05, 0.1) is 18.0 Å². The monoisotopic (exact) mass is 278 g/mol. The minimum absolute atomic E-state index is 0.0264. The van der Waals surface area contributed by atoms with Gasteiger partial charge in [-0.05, 0) is 25.0 Å². The Bertz CT molecular complexity index is 487. The smallest absolute Gasteiger partial charge is 0.279 e. The quantitative estimate of drug-likeness (QED) is 0.633. The van der Waals surface area contributed by atoms with E-state index in [1.807, 2.05) is 0 Å². The van der Waals surface area contributed by atoms with E-state index in [1.54, 1.807) is 12.1 Å². The molecule has 1 aromatic carbocycles. The van der Waals surface area contributed by atoms with Gasteiger partial charge in [0.1, 0.15) is 0 Å². The fourth-order valence-electron chi connectivity index (χ4n) is 2.66. The van der Waals surface area contributed by atoms with E-state index in [0.717, 1.165) is 13.1 Å². The molecule has 2 atom stereocenters. The molecule has 1 aliphatic heterocycles. The van der Waals surface area contributed by atoms with Gasteiger partial charge in [0, 0.05) is 23.7 Å². The Kier molecular flexibility index (Phi) is 4.68. The standard InChI is InChI=1S/C14H19N3O3/c1-11-3-2-8-16(9-11)10-14(18)15-12-4-6-13(7-5-12)17(19)20/h4-7,11H,2-3,8-10H2,1H3,(H,15,18)/p+1/t11-/m0/s1. The highest BCUT2D eigenvalue weighted by Crippen LogP contribution is 2.15. The van der Waals surface area contributed by atoms with Crippen LogP contribution in [0.3, 0.4) is 0 Å². The molecule has 1 heterocycles. The van der Waals surface area contributed by atoms with Crippen LogP contribution in [0.2, 0.25) is 0 Å². The van der Waals surface area contributed by atoms with Gasteiger partial charge in [-0.2, -0.15) is 0 Å². The van der Waals surface area contributed by atoms with Gasteiger partial charge in [-0.1, -0.05) is 6.92 Å². The topological polar surface area (TPSA) is 76.7 Å². The first-order valence-electron chi connectivity index (χ1n) is 6.92. The Hall–Kier alpha value is -1.95. The van der Waals surface area contributed by atoms with Crippen molar-refractivity contribution in [2.24, 2.45) is 5.92 Å². The first-order valence-corrected chi connectivity index (χ1v) is 6.92. The second-order valence-corrected chi connectivity index (χ2v) is 5.48. The van der Waals surface area contributed by atoms with Gasteiger partial charge in [0.15, 0.2) is 6.54 Å². The first kappa shape index (κ1) is 14.5. The number of quaternary nitrogens is 1. The van der Waals surface area contributed by atoms with Crippen molar-refractivity contribution >= 4 is 17.3 Å². The molecule has 1 amide bonds. The van der Waals surface area contributed by atoms with E-state index in [4.69, 9.17) is 0 Å². The van der Waals surface area contributed by atoms with Crippen molar-refractivity contribution in [1.82, 2.24) is 0 Å². The number of carbonyl (C=O) groups is 1. The van der Waals surface area contributed by atoms with Crippen LogP contribution in [-0.4, -0.2) is 30.5 Å². The van der Waals surface area contributed by atoms with Gasteiger partial charge in [-0.25, -0.2) is 0 Å². The van der Waals surface area contributed by atoms with E-state index in [1.165, 1.54) is 29.9 Å². The molecule has 2 rings (SSSR count). The lowest BCUT2D eigenvalue weighted by Crippen LogP contribution is -3.14. The Morgan fingerprint density at radius 1 is 1.45 bits per heavy atom. The third-order valence-corrected chi connectivity index (χ3v) is 3.64. The molecule has 6 heteroatoms. The largest absolute Gasteiger partial charge is 0.327 e. The number of rotatable bonds is 4. The summed E-state index contributed by atoms with van der Waals surface area (Å²) < 4.78 is 0. The molecule has 2 N–H and O–H groups in total. The van der Waals surface area contributed by atoms with E-state index in [-0.39, 0.29) is 11.6 Å². The third kappa shape index (κ3) is 4.03. The Morgan fingerprint density at radius 2 is 2.15 bits per heavy atom. The first-order chi connectivity index (χ1) is 9.54. The van der Waals surface area contributed by atoms with Crippen molar-refractivity contribution < 1.29 is 14.6 Å². The predicted octanol–water partition coefficient (Wildman–Crippen LogP) is 0.848. The zero-order valence-corrected chi connectivity index (χ0v) is 11.6. The van der Waals surface area contributed by atoms with E-state index in [2.05, 4.69) is 12.2 Å². The van der Waals surface area contributed by atoms with E-state index < -0.39 is 4.92 Å². The Labute approximate surface area is 117 Å². The molecule has 1 aliphatic rings. The molecule has 0 bridgehead atoms. The summed E-state index contributed by atoms with van der Waals surface area (Å²) in [6.45, 7) is 4.75. The average Bonchev–Trinajstić information content (AvgIpc) is 2.39. The number of non-ortho nitro benzene ring substituents is 1. The molecule has 0 radical (unpaired) electrons. The highest BCUT2D eigenvalue weighted by Gasteiger charge is 2.21. The Balaban J connectivity index is 1.86. The van der Waals surface area contributed by atoms with Crippen molar-refractivity contribution in [1.29, 1.82) is 0 Å². The summed E-state index contributed by atoms with van der Waals surface area (Å²) in [7, 11) is 0. The summed E-state index contributed by atoms with van der Waals surface area (Å²) in [5.41, 5.74) is 0.628. The molecule has 1 unspecified atom stereocenters. The molecule has 0 saturated carbocycles. The summed E-state index contributed by atoms with van der Waals surface area (Å²) in [6, 6.07) is 5.91. The maximum atomic E-state index is 11.9. The van der Waals surface area contributed by atoms with Gasteiger partial charge < -0.3 is 10.2 Å². The average molecular weight is 278 g/mol. The number of nitro groups is 1. The van der Waals surface area contributed by atoms with Crippen LogP contribution in [0.15, 0.2) is 24.3 Å². The van der Waals surface area contributed by atoms with Gasteiger partial charge in [-0.15, -0.1) is 0 Å². The molecule has 6 nitrogen and oxygen atoms in total. The minimum Gasteiger partial charge on any atom is -0.327 e. The lowest BCUT2D eigenvalue weighted by molar-refractivity contribution is -0.900. The molecule has 1 aromatic rings. The van der Waals surface area contributed by atoms with Crippen molar-refractivity contribution in [2.75, 3.05) is 25.0 Å². The van der Waals surface area contributed by atoms with Crippen LogP contribution >= 0.6 is 0 Å². The number of benzene rings is 1. The summed E-state index contributed by atoms with van der Waals surface area (Å²) in [6.07, 6.45) is 2.41. The number of carbonyl (C=O) groups excluding carboxylic acids is 1. The van der Waals surface area contributed by atoms with Crippen LogP contribution < -0.4 is 10.2 Å². The lowest BCUT2D eigenvalue weighted by Gasteiger charge is -2.27. The summed E-state index contributed by atoms with van der Waals surface area (Å²) in [4.78, 5) is 23.3. The molecule has 0 aliphatic carbocycles. The number of hydrogen-bond acceptors (Lipinski definition) is 3. The van der Waals surface area contributed by atoms with Crippen LogP contribution in [0.25, 0.3) is 0 Å².